The van der Waals surface area contributed by atoms with Crippen molar-refractivity contribution >= 4 is 33.4 Å². The van der Waals surface area contributed by atoms with E-state index in [1.165, 1.54) is 0 Å². The molecule has 9 heteroatoms. The van der Waals surface area contributed by atoms with Gasteiger partial charge in [0.15, 0.2) is 0 Å². The van der Waals surface area contributed by atoms with Gasteiger partial charge in [-0.2, -0.15) is 5.10 Å². The molecule has 0 radical (unpaired) electrons. The molecule has 0 aromatic carbocycles. The molecule has 0 atom stereocenters. The molecular weight excluding hydrogens is 438 g/mol. The Labute approximate surface area is 199 Å². The lowest BCUT2D eigenvalue weighted by molar-refractivity contribution is -0.131. The number of fused-ring (bicyclic) bond motifs is 1. The van der Waals surface area contributed by atoms with Gasteiger partial charge in [0.1, 0.15) is 4.83 Å². The van der Waals surface area contributed by atoms with Crippen LogP contribution in [-0.4, -0.2) is 82.9 Å². The third-order valence-electron chi connectivity index (χ3n) is 7.64. The van der Waals surface area contributed by atoms with Gasteiger partial charge in [-0.3, -0.25) is 19.2 Å². The number of hydrogen-bond acceptors (Lipinski definition) is 6. The molecule has 0 unspecified atom stereocenters. The minimum absolute atomic E-state index is 0.0488. The van der Waals surface area contributed by atoms with Crippen LogP contribution >= 0.6 is 11.3 Å². The highest BCUT2D eigenvalue weighted by molar-refractivity contribution is 7.20. The summed E-state index contributed by atoms with van der Waals surface area (Å²) in [5, 5.41) is 9.17. The summed E-state index contributed by atoms with van der Waals surface area (Å²) in [6.07, 6.45) is 6.20. The summed E-state index contributed by atoms with van der Waals surface area (Å²) < 4.78 is 7.64. The molecule has 2 aromatic heterocycles. The van der Waals surface area contributed by atoms with E-state index in [1.807, 2.05) is 17.9 Å². The molecule has 1 saturated carbocycles. The summed E-state index contributed by atoms with van der Waals surface area (Å²) in [6, 6.07) is 3.19. The first-order chi connectivity index (χ1) is 16.0. The molecule has 5 rings (SSSR count). The van der Waals surface area contributed by atoms with Gasteiger partial charge in [-0.1, -0.05) is 0 Å². The summed E-state index contributed by atoms with van der Waals surface area (Å²) in [5.41, 5.74) is 0.997. The number of carbonyl (C=O) groups excluding carboxylic acids is 2. The largest absolute Gasteiger partial charge is 0.381 e. The highest BCUT2D eigenvalue weighted by Gasteiger charge is 2.30. The van der Waals surface area contributed by atoms with Gasteiger partial charge in [-0.25, -0.2) is 0 Å². The van der Waals surface area contributed by atoms with E-state index in [-0.39, 0.29) is 17.9 Å². The van der Waals surface area contributed by atoms with Crippen LogP contribution in [0.5, 0.6) is 0 Å². The Morgan fingerprint density at radius 2 is 1.73 bits per heavy atom. The number of carbonyl (C=O) groups is 2. The molecular formula is C24H35N5O3S. The number of aromatic nitrogens is 2. The highest BCUT2D eigenvalue weighted by Crippen LogP contribution is 2.33. The summed E-state index contributed by atoms with van der Waals surface area (Å²) in [5.74, 6) is 0.227. The summed E-state index contributed by atoms with van der Waals surface area (Å²) in [4.78, 5) is 31.0. The molecule has 2 aliphatic heterocycles. The number of rotatable bonds is 4. The number of thiophene rings is 1. The molecule has 1 aliphatic carbocycles. The lowest BCUT2D eigenvalue weighted by atomic mass is 9.89. The minimum Gasteiger partial charge on any atom is -0.381 e. The number of amides is 2. The average molecular weight is 474 g/mol. The van der Waals surface area contributed by atoms with Crippen LogP contribution in [-0.2, 0) is 9.53 Å². The number of nitrogens with one attached hydrogen (secondary N) is 1. The molecule has 180 valence electrons. The second-order valence-corrected chi connectivity index (χ2v) is 10.8. The minimum atomic E-state index is 0.0488. The third kappa shape index (κ3) is 4.81. The van der Waals surface area contributed by atoms with Crippen LogP contribution in [0, 0.1) is 6.92 Å². The SMILES string of the molecule is CC(=O)N1CCN(C2CCC(NC(=O)c3cc4c(C)nn(C5CCOCC5)c4s3)CC2)CC1. The Bertz CT molecular complexity index is 995. The zero-order chi connectivity index (χ0) is 22.9. The fourth-order valence-corrected chi connectivity index (χ4v) is 6.74. The van der Waals surface area contributed by atoms with Crippen molar-refractivity contribution in [3.63, 3.8) is 0 Å². The van der Waals surface area contributed by atoms with Gasteiger partial charge >= 0.3 is 0 Å². The standard InChI is InChI=1S/C24H35N5O3S/c1-16-21-15-22(33-24(21)29(26-16)20-7-13-32-14-8-20)23(31)25-18-3-5-19(6-4-18)28-11-9-27(10-12-28)17(2)30/h15,18-20H,3-14H2,1-2H3,(H,25,31). The average Bonchev–Trinajstić information content (AvgIpc) is 3.41. The maximum Gasteiger partial charge on any atom is 0.261 e. The van der Waals surface area contributed by atoms with Crippen molar-refractivity contribution in [1.29, 1.82) is 0 Å². The number of ether oxygens (including phenoxy) is 1. The van der Waals surface area contributed by atoms with E-state index in [0.29, 0.717) is 12.1 Å². The normalized spacial score (nSPS) is 25.5. The van der Waals surface area contributed by atoms with Gasteiger partial charge in [0.2, 0.25) is 5.91 Å². The predicted octanol–water partition coefficient (Wildman–Crippen LogP) is 2.96. The van der Waals surface area contributed by atoms with Gasteiger partial charge < -0.3 is 15.0 Å². The van der Waals surface area contributed by atoms with Crippen molar-refractivity contribution in [2.45, 2.75) is 70.5 Å². The Balaban J connectivity index is 1.17. The van der Waals surface area contributed by atoms with Gasteiger partial charge in [0.05, 0.1) is 16.6 Å². The van der Waals surface area contributed by atoms with Crippen LogP contribution in [0.25, 0.3) is 10.2 Å². The maximum absolute atomic E-state index is 13.1. The molecule has 0 bridgehead atoms. The summed E-state index contributed by atoms with van der Waals surface area (Å²) in [6.45, 7) is 8.84. The van der Waals surface area contributed by atoms with E-state index in [9.17, 15) is 9.59 Å². The van der Waals surface area contributed by atoms with Crippen LogP contribution in [0.15, 0.2) is 6.07 Å². The van der Waals surface area contributed by atoms with Crippen molar-refractivity contribution in [3.8, 4) is 0 Å². The van der Waals surface area contributed by atoms with Crippen molar-refractivity contribution < 1.29 is 14.3 Å². The van der Waals surface area contributed by atoms with E-state index in [0.717, 1.165) is 98.7 Å². The Morgan fingerprint density at radius 3 is 2.39 bits per heavy atom. The lowest BCUT2D eigenvalue weighted by Crippen LogP contribution is -2.53. The summed E-state index contributed by atoms with van der Waals surface area (Å²) in [7, 11) is 0. The smallest absolute Gasteiger partial charge is 0.261 e. The van der Waals surface area contributed by atoms with E-state index in [1.54, 1.807) is 18.3 Å². The van der Waals surface area contributed by atoms with Gasteiger partial charge in [-0.05, 0) is 51.5 Å². The molecule has 2 amide bonds. The van der Waals surface area contributed by atoms with Gasteiger partial charge in [0, 0.05) is 63.8 Å². The Morgan fingerprint density at radius 1 is 1.03 bits per heavy atom. The number of aryl methyl sites for hydroxylation is 1. The van der Waals surface area contributed by atoms with E-state index in [2.05, 4.69) is 14.9 Å². The molecule has 33 heavy (non-hydrogen) atoms. The number of hydrogen-bond donors (Lipinski definition) is 1. The Hall–Kier alpha value is -1.97. The number of nitrogens with zero attached hydrogens (tertiary/aromatic N) is 4. The molecule has 3 fully saturated rings. The quantitative estimate of drug-likeness (QED) is 0.739. The van der Waals surface area contributed by atoms with E-state index < -0.39 is 0 Å². The topological polar surface area (TPSA) is 79.7 Å². The third-order valence-corrected chi connectivity index (χ3v) is 8.76. The number of piperazine rings is 1. The monoisotopic (exact) mass is 473 g/mol. The molecule has 0 spiro atoms. The van der Waals surface area contributed by atoms with Crippen LogP contribution < -0.4 is 5.32 Å². The van der Waals surface area contributed by atoms with Gasteiger partial charge in [0.25, 0.3) is 5.91 Å². The second kappa shape index (κ2) is 9.72. The fraction of sp³-hybridized carbons (Fsp3) is 0.708. The maximum atomic E-state index is 13.1. The van der Waals surface area contributed by atoms with Crippen molar-refractivity contribution in [3.05, 3.63) is 16.6 Å². The first kappa shape index (κ1) is 22.8. The fourth-order valence-electron chi connectivity index (χ4n) is 5.60. The lowest BCUT2D eigenvalue weighted by Gasteiger charge is -2.41. The zero-order valence-corrected chi connectivity index (χ0v) is 20.5. The molecule has 2 saturated heterocycles. The van der Waals surface area contributed by atoms with Crippen molar-refractivity contribution in [1.82, 2.24) is 24.9 Å². The van der Waals surface area contributed by atoms with E-state index in [4.69, 9.17) is 9.84 Å². The van der Waals surface area contributed by atoms with Crippen LogP contribution in [0.3, 0.4) is 0 Å². The first-order valence-electron chi connectivity index (χ1n) is 12.4. The Kier molecular flexibility index (Phi) is 6.72. The molecule has 2 aromatic rings. The van der Waals surface area contributed by atoms with Crippen molar-refractivity contribution in [2.24, 2.45) is 0 Å². The van der Waals surface area contributed by atoms with Crippen LogP contribution in [0.4, 0.5) is 0 Å². The molecule has 3 aliphatic rings. The first-order valence-corrected chi connectivity index (χ1v) is 13.2. The molecule has 8 nitrogen and oxygen atoms in total. The molecule has 4 heterocycles. The highest BCUT2D eigenvalue weighted by atomic mass is 32.1. The van der Waals surface area contributed by atoms with E-state index >= 15 is 0 Å². The second-order valence-electron chi connectivity index (χ2n) is 9.72. The van der Waals surface area contributed by atoms with Crippen LogP contribution in [0.1, 0.15) is 66.9 Å². The van der Waals surface area contributed by atoms with Gasteiger partial charge in [-0.15, -0.1) is 11.3 Å². The van der Waals surface area contributed by atoms with Crippen molar-refractivity contribution in [2.75, 3.05) is 39.4 Å². The predicted molar refractivity (Wildman–Crippen MR) is 129 cm³/mol. The van der Waals surface area contributed by atoms with Crippen LogP contribution in [0.2, 0.25) is 0 Å². The summed E-state index contributed by atoms with van der Waals surface area (Å²) >= 11 is 1.57. The zero-order valence-electron chi connectivity index (χ0n) is 19.7. The molecule has 1 N–H and O–H groups in total.